The van der Waals surface area contributed by atoms with Gasteiger partial charge >= 0.3 is 0 Å². The molecule has 0 aliphatic carbocycles. The number of carbonyl (C=O) groups excluding carboxylic acids is 1. The molecule has 1 aliphatic rings. The maximum atomic E-state index is 11.6. The Morgan fingerprint density at radius 1 is 1.45 bits per heavy atom. The number of amides is 1. The van der Waals surface area contributed by atoms with Crippen LogP contribution in [0.2, 0.25) is 0 Å². The molecule has 1 atom stereocenters. The Balaban J connectivity index is 1.54. The van der Waals surface area contributed by atoms with Gasteiger partial charge in [-0.05, 0) is 24.5 Å². The van der Waals surface area contributed by atoms with Crippen LogP contribution in [-0.4, -0.2) is 35.4 Å². The van der Waals surface area contributed by atoms with Gasteiger partial charge in [-0.1, -0.05) is 19.1 Å². The van der Waals surface area contributed by atoms with Crippen molar-refractivity contribution >= 4 is 23.0 Å². The molecule has 0 spiro atoms. The van der Waals surface area contributed by atoms with Crippen LogP contribution in [0.5, 0.6) is 0 Å². The Morgan fingerprint density at radius 2 is 2.30 bits per heavy atom. The van der Waals surface area contributed by atoms with Crippen LogP contribution >= 0.6 is 0 Å². The van der Waals surface area contributed by atoms with Crippen molar-refractivity contribution in [3.05, 3.63) is 24.3 Å². The van der Waals surface area contributed by atoms with E-state index >= 15 is 0 Å². The van der Waals surface area contributed by atoms with E-state index in [1.807, 2.05) is 29.2 Å². The van der Waals surface area contributed by atoms with Crippen LogP contribution in [0.3, 0.4) is 0 Å². The van der Waals surface area contributed by atoms with Gasteiger partial charge in [0.15, 0.2) is 5.58 Å². The van der Waals surface area contributed by atoms with E-state index in [2.05, 4.69) is 17.2 Å². The SMILES string of the molecule is CC(CNc1nc2ccccc2o1)CN1CCCC1=O. The lowest BCUT2D eigenvalue weighted by Crippen LogP contribution is -2.32. The molecule has 1 aromatic carbocycles. The Bertz CT molecular complexity index is 575. The molecule has 1 fully saturated rings. The van der Waals surface area contributed by atoms with Gasteiger partial charge in [0.25, 0.3) is 6.01 Å². The quantitative estimate of drug-likeness (QED) is 0.909. The smallest absolute Gasteiger partial charge is 0.295 e. The highest BCUT2D eigenvalue weighted by Crippen LogP contribution is 2.18. The van der Waals surface area contributed by atoms with Crippen LogP contribution in [0.4, 0.5) is 6.01 Å². The van der Waals surface area contributed by atoms with E-state index in [0.29, 0.717) is 18.4 Å². The summed E-state index contributed by atoms with van der Waals surface area (Å²) in [5.74, 6) is 0.644. The van der Waals surface area contributed by atoms with Gasteiger partial charge < -0.3 is 14.6 Å². The van der Waals surface area contributed by atoms with E-state index in [1.165, 1.54) is 0 Å². The van der Waals surface area contributed by atoms with E-state index in [-0.39, 0.29) is 5.91 Å². The number of carbonyl (C=O) groups is 1. The van der Waals surface area contributed by atoms with Gasteiger partial charge in [0.05, 0.1) is 0 Å². The molecular formula is C15H19N3O2. The predicted octanol–water partition coefficient (Wildman–Crippen LogP) is 2.50. The van der Waals surface area contributed by atoms with E-state index < -0.39 is 0 Å². The summed E-state index contributed by atoms with van der Waals surface area (Å²) in [5, 5.41) is 3.21. The summed E-state index contributed by atoms with van der Waals surface area (Å²) in [5.41, 5.74) is 1.65. The normalized spacial score (nSPS) is 16.9. The van der Waals surface area contributed by atoms with Gasteiger partial charge in [-0.25, -0.2) is 0 Å². The fraction of sp³-hybridized carbons (Fsp3) is 0.467. The average Bonchev–Trinajstić information content (AvgIpc) is 3.03. The van der Waals surface area contributed by atoms with Crippen molar-refractivity contribution in [2.75, 3.05) is 25.0 Å². The summed E-state index contributed by atoms with van der Waals surface area (Å²) < 4.78 is 5.61. The van der Waals surface area contributed by atoms with Gasteiger partial charge in [-0.2, -0.15) is 4.98 Å². The topological polar surface area (TPSA) is 58.4 Å². The number of likely N-dealkylation sites (tertiary alicyclic amines) is 1. The number of hydrogen-bond donors (Lipinski definition) is 1. The summed E-state index contributed by atoms with van der Waals surface area (Å²) >= 11 is 0. The highest BCUT2D eigenvalue weighted by Gasteiger charge is 2.21. The lowest BCUT2D eigenvalue weighted by atomic mass is 10.1. The molecule has 0 saturated carbocycles. The van der Waals surface area contributed by atoms with E-state index in [4.69, 9.17) is 4.42 Å². The molecule has 0 bridgehead atoms. The minimum Gasteiger partial charge on any atom is -0.424 e. The highest BCUT2D eigenvalue weighted by molar-refractivity contribution is 5.78. The monoisotopic (exact) mass is 273 g/mol. The second-order valence-corrected chi connectivity index (χ2v) is 5.42. The zero-order valence-corrected chi connectivity index (χ0v) is 11.6. The molecule has 3 rings (SSSR count). The van der Waals surface area contributed by atoms with E-state index in [1.54, 1.807) is 0 Å². The van der Waals surface area contributed by atoms with Crippen LogP contribution in [-0.2, 0) is 4.79 Å². The molecule has 106 valence electrons. The van der Waals surface area contributed by atoms with Crippen LogP contribution < -0.4 is 5.32 Å². The Labute approximate surface area is 118 Å². The van der Waals surface area contributed by atoms with Gasteiger partial charge in [0, 0.05) is 26.1 Å². The predicted molar refractivity (Wildman–Crippen MR) is 77.5 cm³/mol. The first kappa shape index (κ1) is 13.0. The summed E-state index contributed by atoms with van der Waals surface area (Å²) in [6.07, 6.45) is 1.69. The van der Waals surface area contributed by atoms with Gasteiger partial charge in [0.1, 0.15) is 5.52 Å². The summed E-state index contributed by atoms with van der Waals surface area (Å²) in [6, 6.07) is 8.25. The maximum Gasteiger partial charge on any atom is 0.295 e. The minimum atomic E-state index is 0.277. The first-order valence-corrected chi connectivity index (χ1v) is 7.09. The van der Waals surface area contributed by atoms with Crippen LogP contribution in [0.25, 0.3) is 11.1 Å². The number of nitrogens with one attached hydrogen (secondary N) is 1. The minimum absolute atomic E-state index is 0.277. The average molecular weight is 273 g/mol. The number of benzene rings is 1. The molecule has 20 heavy (non-hydrogen) atoms. The number of nitrogens with zero attached hydrogens (tertiary/aromatic N) is 2. The first-order valence-electron chi connectivity index (χ1n) is 7.09. The Kier molecular flexibility index (Phi) is 3.58. The van der Waals surface area contributed by atoms with Crippen molar-refractivity contribution in [1.82, 2.24) is 9.88 Å². The fourth-order valence-corrected chi connectivity index (χ4v) is 2.55. The van der Waals surface area contributed by atoms with Crippen molar-refractivity contribution in [3.8, 4) is 0 Å². The molecule has 2 aromatic rings. The molecule has 1 saturated heterocycles. The number of fused-ring (bicyclic) bond motifs is 1. The molecule has 1 unspecified atom stereocenters. The molecule has 5 nitrogen and oxygen atoms in total. The Hall–Kier alpha value is -2.04. The largest absolute Gasteiger partial charge is 0.424 e. The third-order valence-electron chi connectivity index (χ3n) is 3.60. The molecule has 1 aliphatic heterocycles. The van der Waals surface area contributed by atoms with Gasteiger partial charge in [0.2, 0.25) is 5.91 Å². The van der Waals surface area contributed by atoms with Gasteiger partial charge in [-0.3, -0.25) is 4.79 Å². The van der Waals surface area contributed by atoms with Crippen molar-refractivity contribution in [2.45, 2.75) is 19.8 Å². The maximum absolute atomic E-state index is 11.6. The lowest BCUT2D eigenvalue weighted by molar-refractivity contribution is -0.128. The number of aromatic nitrogens is 1. The van der Waals surface area contributed by atoms with Crippen molar-refractivity contribution in [2.24, 2.45) is 5.92 Å². The van der Waals surface area contributed by atoms with Crippen LogP contribution in [0, 0.1) is 5.92 Å². The van der Waals surface area contributed by atoms with Gasteiger partial charge in [-0.15, -0.1) is 0 Å². The Morgan fingerprint density at radius 3 is 3.05 bits per heavy atom. The number of para-hydroxylation sites is 2. The second-order valence-electron chi connectivity index (χ2n) is 5.42. The first-order chi connectivity index (χ1) is 9.72. The van der Waals surface area contributed by atoms with E-state index in [9.17, 15) is 4.79 Å². The zero-order chi connectivity index (χ0) is 13.9. The molecule has 1 N–H and O–H groups in total. The number of rotatable bonds is 5. The van der Waals surface area contributed by atoms with E-state index in [0.717, 1.165) is 37.2 Å². The zero-order valence-electron chi connectivity index (χ0n) is 11.6. The number of hydrogen-bond acceptors (Lipinski definition) is 4. The number of anilines is 1. The van der Waals surface area contributed by atoms with Crippen molar-refractivity contribution in [3.63, 3.8) is 0 Å². The fourth-order valence-electron chi connectivity index (χ4n) is 2.55. The second kappa shape index (κ2) is 5.53. The number of oxazole rings is 1. The lowest BCUT2D eigenvalue weighted by Gasteiger charge is -2.20. The summed E-state index contributed by atoms with van der Waals surface area (Å²) in [7, 11) is 0. The molecule has 1 aromatic heterocycles. The summed E-state index contributed by atoms with van der Waals surface area (Å²) in [6.45, 7) is 4.57. The van der Waals surface area contributed by atoms with Crippen LogP contribution in [0.15, 0.2) is 28.7 Å². The molecular weight excluding hydrogens is 254 g/mol. The molecule has 1 amide bonds. The third-order valence-corrected chi connectivity index (χ3v) is 3.60. The molecule has 5 heteroatoms. The van der Waals surface area contributed by atoms with Crippen LogP contribution in [0.1, 0.15) is 19.8 Å². The standard InChI is InChI=1S/C15H19N3O2/c1-11(10-18-8-4-7-14(18)19)9-16-15-17-12-5-2-3-6-13(12)20-15/h2-3,5-6,11H,4,7-10H2,1H3,(H,16,17). The van der Waals surface area contributed by atoms with Crippen molar-refractivity contribution < 1.29 is 9.21 Å². The molecule has 0 radical (unpaired) electrons. The summed E-state index contributed by atoms with van der Waals surface area (Å²) in [4.78, 5) is 17.9. The van der Waals surface area contributed by atoms with Crippen molar-refractivity contribution in [1.29, 1.82) is 0 Å². The highest BCUT2D eigenvalue weighted by atomic mass is 16.4. The molecule has 2 heterocycles. The third kappa shape index (κ3) is 2.76.